The molecule has 106 valence electrons. The first-order valence-corrected chi connectivity index (χ1v) is 6.19. The van der Waals surface area contributed by atoms with Crippen LogP contribution in [0.25, 0.3) is 0 Å². The van der Waals surface area contributed by atoms with E-state index in [9.17, 15) is 14.4 Å². The Balaban J connectivity index is 2.29. The second-order valence-electron chi connectivity index (χ2n) is 4.79. The molecule has 1 atom stereocenters. The number of nitrogens with zero attached hydrogens (tertiary/aromatic N) is 1. The Morgan fingerprint density at radius 3 is 2.80 bits per heavy atom. The molecule has 0 radical (unpaired) electrons. The Bertz CT molecular complexity index is 581. The first kappa shape index (κ1) is 14.0. The van der Waals surface area contributed by atoms with E-state index in [4.69, 9.17) is 9.84 Å². The van der Waals surface area contributed by atoms with Crippen molar-refractivity contribution in [2.75, 3.05) is 18.6 Å². The first-order valence-electron chi connectivity index (χ1n) is 6.19. The van der Waals surface area contributed by atoms with Crippen LogP contribution in [0.15, 0.2) is 18.2 Å². The van der Waals surface area contributed by atoms with E-state index in [0.717, 1.165) is 0 Å². The lowest BCUT2D eigenvalue weighted by Gasteiger charge is -2.26. The average Bonchev–Trinajstić information content (AvgIpc) is 2.41. The fourth-order valence-electron chi connectivity index (χ4n) is 2.06. The zero-order chi connectivity index (χ0) is 14.9. The second-order valence-corrected chi connectivity index (χ2v) is 4.79. The Labute approximate surface area is 115 Å². The number of hydrogen-bond acceptors (Lipinski definition) is 4. The highest BCUT2D eigenvalue weighted by molar-refractivity contribution is 6.03. The number of carbonyl (C=O) groups is 3. The molecule has 1 aliphatic rings. The van der Waals surface area contributed by atoms with Crippen molar-refractivity contribution in [3.05, 3.63) is 23.8 Å². The smallest absolute Gasteiger partial charge is 0.304 e. The average molecular weight is 277 g/mol. The van der Waals surface area contributed by atoms with Gasteiger partial charge in [-0.15, -0.1) is 0 Å². The molecule has 1 amide bonds. The molecule has 1 unspecified atom stereocenters. The van der Waals surface area contributed by atoms with Gasteiger partial charge in [0.2, 0.25) is 0 Å². The number of rotatable bonds is 4. The summed E-state index contributed by atoms with van der Waals surface area (Å²) in [6.07, 6.45) is -0.221. The maximum Gasteiger partial charge on any atom is 0.304 e. The lowest BCUT2D eigenvalue weighted by Crippen LogP contribution is -2.35. The Kier molecular flexibility index (Phi) is 3.74. The van der Waals surface area contributed by atoms with Gasteiger partial charge in [0.15, 0.2) is 12.4 Å². The van der Waals surface area contributed by atoms with E-state index in [1.807, 2.05) is 0 Å². The van der Waals surface area contributed by atoms with Gasteiger partial charge in [0.1, 0.15) is 5.75 Å². The summed E-state index contributed by atoms with van der Waals surface area (Å²) < 4.78 is 5.27. The molecule has 1 aromatic rings. The number of hydrogen-bond donors (Lipinski definition) is 1. The second kappa shape index (κ2) is 5.32. The quantitative estimate of drug-likeness (QED) is 0.839. The van der Waals surface area contributed by atoms with Crippen LogP contribution in [0, 0.1) is 5.92 Å². The molecule has 0 aliphatic carbocycles. The number of Topliss-reactive ketones (excluding diaryl/α,β-unsaturated/α-hetero) is 1. The standard InChI is InChI=1S/C14H15NO5/c1-8(5-13(17)18)14(19)9-3-4-11-10(6-9)15(2)12(16)7-20-11/h3-4,6,8H,5,7H2,1-2H3,(H,17,18). The van der Waals surface area contributed by atoms with E-state index < -0.39 is 11.9 Å². The number of fused-ring (bicyclic) bond motifs is 1. The molecule has 1 heterocycles. The molecule has 20 heavy (non-hydrogen) atoms. The highest BCUT2D eigenvalue weighted by atomic mass is 16.5. The van der Waals surface area contributed by atoms with Crippen LogP contribution < -0.4 is 9.64 Å². The van der Waals surface area contributed by atoms with Gasteiger partial charge in [0.05, 0.1) is 12.1 Å². The molecule has 2 rings (SSSR count). The number of aliphatic carboxylic acids is 1. The van der Waals surface area contributed by atoms with Crippen molar-refractivity contribution >= 4 is 23.3 Å². The fourth-order valence-corrected chi connectivity index (χ4v) is 2.06. The van der Waals surface area contributed by atoms with E-state index in [-0.39, 0.29) is 24.7 Å². The molecule has 1 N–H and O–H groups in total. The Hall–Kier alpha value is -2.37. The van der Waals surface area contributed by atoms with Crippen molar-refractivity contribution in [1.29, 1.82) is 0 Å². The number of carboxylic acid groups (broad SMARTS) is 1. The predicted molar refractivity (Wildman–Crippen MR) is 71.1 cm³/mol. The number of ketones is 1. The number of ether oxygens (including phenoxy) is 1. The van der Waals surface area contributed by atoms with E-state index in [1.165, 1.54) is 4.90 Å². The maximum atomic E-state index is 12.1. The summed E-state index contributed by atoms with van der Waals surface area (Å²) in [6.45, 7) is 1.55. The Morgan fingerprint density at radius 1 is 1.45 bits per heavy atom. The van der Waals surface area contributed by atoms with E-state index >= 15 is 0 Å². The molecule has 1 aliphatic heterocycles. The molecule has 0 saturated carbocycles. The predicted octanol–water partition coefficient (Wildman–Crippen LogP) is 1.34. The van der Waals surface area contributed by atoms with Crippen LogP contribution in [0.2, 0.25) is 0 Å². The third kappa shape index (κ3) is 2.64. The van der Waals surface area contributed by atoms with Crippen molar-refractivity contribution in [3.63, 3.8) is 0 Å². The zero-order valence-corrected chi connectivity index (χ0v) is 11.3. The van der Waals surface area contributed by atoms with Crippen LogP contribution in [0.4, 0.5) is 5.69 Å². The van der Waals surface area contributed by atoms with E-state index in [1.54, 1.807) is 32.2 Å². The third-order valence-electron chi connectivity index (χ3n) is 3.26. The molecular weight excluding hydrogens is 262 g/mol. The summed E-state index contributed by atoms with van der Waals surface area (Å²) in [5.41, 5.74) is 0.900. The van der Waals surface area contributed by atoms with Gasteiger partial charge in [0, 0.05) is 18.5 Å². The lowest BCUT2D eigenvalue weighted by atomic mass is 9.96. The molecule has 1 aromatic carbocycles. The number of amides is 1. The van der Waals surface area contributed by atoms with Crippen molar-refractivity contribution in [3.8, 4) is 5.75 Å². The van der Waals surface area contributed by atoms with Crippen LogP contribution in [0.3, 0.4) is 0 Å². The van der Waals surface area contributed by atoms with Crippen LogP contribution in [0.5, 0.6) is 5.75 Å². The third-order valence-corrected chi connectivity index (χ3v) is 3.26. The first-order chi connectivity index (χ1) is 9.40. The highest BCUT2D eigenvalue weighted by Crippen LogP contribution is 2.32. The zero-order valence-electron chi connectivity index (χ0n) is 11.3. The minimum atomic E-state index is -1.01. The molecule has 0 aromatic heterocycles. The molecular formula is C14H15NO5. The van der Waals surface area contributed by atoms with Crippen LogP contribution in [-0.4, -0.2) is 36.4 Å². The molecule has 0 fully saturated rings. The van der Waals surface area contributed by atoms with Crippen molar-refractivity contribution in [2.24, 2.45) is 5.92 Å². The monoisotopic (exact) mass is 277 g/mol. The molecule has 0 spiro atoms. The normalized spacial score (nSPS) is 15.3. The number of carbonyl (C=O) groups excluding carboxylic acids is 2. The number of benzene rings is 1. The van der Waals surface area contributed by atoms with Gasteiger partial charge in [-0.25, -0.2) is 0 Å². The number of anilines is 1. The van der Waals surface area contributed by atoms with Gasteiger partial charge in [-0.2, -0.15) is 0 Å². The molecule has 6 nitrogen and oxygen atoms in total. The van der Waals surface area contributed by atoms with E-state index in [0.29, 0.717) is 17.0 Å². The minimum Gasteiger partial charge on any atom is -0.482 e. The van der Waals surface area contributed by atoms with Crippen LogP contribution in [0.1, 0.15) is 23.7 Å². The van der Waals surface area contributed by atoms with Gasteiger partial charge < -0.3 is 14.7 Å². The summed E-state index contributed by atoms with van der Waals surface area (Å²) in [6, 6.07) is 4.77. The SMILES string of the molecule is CC(CC(=O)O)C(=O)c1ccc2c(c1)N(C)C(=O)CO2. The molecule has 0 saturated heterocycles. The maximum absolute atomic E-state index is 12.1. The van der Waals surface area contributed by atoms with E-state index in [2.05, 4.69) is 0 Å². The molecule has 0 bridgehead atoms. The summed E-state index contributed by atoms with van der Waals surface area (Å²) in [5.74, 6) is -1.55. The summed E-state index contributed by atoms with van der Waals surface area (Å²) >= 11 is 0. The largest absolute Gasteiger partial charge is 0.482 e. The van der Waals surface area contributed by atoms with Crippen molar-refractivity contribution < 1.29 is 24.2 Å². The van der Waals surface area contributed by atoms with Gasteiger partial charge in [-0.3, -0.25) is 14.4 Å². The van der Waals surface area contributed by atoms with Gasteiger partial charge in [-0.1, -0.05) is 6.92 Å². The highest BCUT2D eigenvalue weighted by Gasteiger charge is 2.25. The van der Waals surface area contributed by atoms with Crippen molar-refractivity contribution in [2.45, 2.75) is 13.3 Å². The number of carboxylic acids is 1. The number of likely N-dealkylation sites (N-methyl/N-ethyl adjacent to an activating group) is 1. The summed E-state index contributed by atoms with van der Waals surface area (Å²) in [5, 5.41) is 8.72. The molecule has 6 heteroatoms. The van der Waals surface area contributed by atoms with Crippen LogP contribution in [-0.2, 0) is 9.59 Å². The van der Waals surface area contributed by atoms with Crippen LogP contribution >= 0.6 is 0 Å². The van der Waals surface area contributed by atoms with Gasteiger partial charge in [-0.05, 0) is 18.2 Å². The summed E-state index contributed by atoms with van der Waals surface area (Å²) in [4.78, 5) is 35.8. The fraction of sp³-hybridized carbons (Fsp3) is 0.357. The van der Waals surface area contributed by atoms with Gasteiger partial charge in [0.25, 0.3) is 5.91 Å². The van der Waals surface area contributed by atoms with Gasteiger partial charge >= 0.3 is 5.97 Å². The lowest BCUT2D eigenvalue weighted by molar-refractivity contribution is -0.137. The van der Waals surface area contributed by atoms with Crippen molar-refractivity contribution in [1.82, 2.24) is 0 Å². The Morgan fingerprint density at radius 2 is 2.15 bits per heavy atom. The topological polar surface area (TPSA) is 83.9 Å². The minimum absolute atomic E-state index is 0.0216. The summed E-state index contributed by atoms with van der Waals surface area (Å²) in [7, 11) is 1.61.